The fraction of sp³-hybridized carbons (Fsp3) is 0.500. The molecular formula is C24H29N. The van der Waals surface area contributed by atoms with E-state index in [4.69, 9.17) is 0 Å². The van der Waals surface area contributed by atoms with Crippen LogP contribution in [0.2, 0.25) is 0 Å². The summed E-state index contributed by atoms with van der Waals surface area (Å²) in [5, 5.41) is 0. The minimum Gasteiger partial charge on any atom is -0.303 e. The molecule has 0 amide bonds. The van der Waals surface area contributed by atoms with Gasteiger partial charge in [0.25, 0.3) is 0 Å². The lowest BCUT2D eigenvalue weighted by Gasteiger charge is -2.58. The number of benzene rings is 2. The molecule has 1 heteroatoms. The van der Waals surface area contributed by atoms with Crippen LogP contribution < -0.4 is 0 Å². The highest BCUT2D eigenvalue weighted by molar-refractivity contribution is 5.66. The van der Waals surface area contributed by atoms with E-state index in [-0.39, 0.29) is 0 Å². The summed E-state index contributed by atoms with van der Waals surface area (Å²) >= 11 is 0. The zero-order chi connectivity index (χ0) is 17.0. The molecule has 0 aromatic heterocycles. The molecule has 2 aromatic rings. The number of likely N-dealkylation sites (N-methyl/N-ethyl adjacent to an activating group) is 1. The monoisotopic (exact) mass is 331 g/mol. The molecule has 2 aliphatic carbocycles. The Morgan fingerprint density at radius 1 is 0.960 bits per heavy atom. The zero-order valence-electron chi connectivity index (χ0n) is 15.6. The summed E-state index contributed by atoms with van der Waals surface area (Å²) in [4.78, 5) is 2.66. The Balaban J connectivity index is 1.64. The van der Waals surface area contributed by atoms with E-state index in [0.717, 1.165) is 12.0 Å². The van der Waals surface area contributed by atoms with Crippen molar-refractivity contribution in [3.05, 3.63) is 59.2 Å². The Morgan fingerprint density at radius 2 is 1.76 bits per heavy atom. The van der Waals surface area contributed by atoms with Crippen LogP contribution in [0.5, 0.6) is 0 Å². The van der Waals surface area contributed by atoms with Gasteiger partial charge in [0.15, 0.2) is 0 Å². The van der Waals surface area contributed by atoms with Crippen LogP contribution in [-0.2, 0) is 11.8 Å². The van der Waals surface area contributed by atoms with Crippen LogP contribution in [0.25, 0.3) is 11.1 Å². The molecule has 3 atom stereocenters. The van der Waals surface area contributed by atoms with E-state index in [2.05, 4.69) is 61.3 Å². The summed E-state index contributed by atoms with van der Waals surface area (Å²) < 4.78 is 0. The van der Waals surface area contributed by atoms with E-state index in [1.165, 1.54) is 61.8 Å². The topological polar surface area (TPSA) is 3.24 Å². The van der Waals surface area contributed by atoms with E-state index in [1.54, 1.807) is 11.1 Å². The van der Waals surface area contributed by atoms with Crippen LogP contribution in [0, 0.1) is 12.8 Å². The molecule has 5 rings (SSSR count). The number of hydrogen-bond donors (Lipinski definition) is 0. The molecule has 1 unspecified atom stereocenters. The quantitative estimate of drug-likeness (QED) is 0.681. The smallest absolute Gasteiger partial charge is 0.0169 e. The third kappa shape index (κ3) is 2.32. The van der Waals surface area contributed by atoms with Crippen molar-refractivity contribution >= 4 is 0 Å². The predicted molar refractivity (Wildman–Crippen MR) is 105 cm³/mol. The van der Waals surface area contributed by atoms with Crippen LogP contribution >= 0.6 is 0 Å². The van der Waals surface area contributed by atoms with Crippen LogP contribution in [0.3, 0.4) is 0 Å². The van der Waals surface area contributed by atoms with Crippen molar-refractivity contribution in [1.29, 1.82) is 0 Å². The number of fused-ring (bicyclic) bond motifs is 1. The van der Waals surface area contributed by atoms with Crippen molar-refractivity contribution in [3.63, 3.8) is 0 Å². The van der Waals surface area contributed by atoms with Gasteiger partial charge in [-0.05, 0) is 74.4 Å². The second-order valence-electron chi connectivity index (χ2n) is 8.75. The highest BCUT2D eigenvalue weighted by atomic mass is 15.1. The van der Waals surface area contributed by atoms with Crippen LogP contribution in [-0.4, -0.2) is 24.5 Å². The lowest BCUT2D eigenvalue weighted by Crippen LogP contribution is -2.59. The first-order valence-electron chi connectivity index (χ1n) is 10.1. The molecule has 2 fully saturated rings. The molecular weight excluding hydrogens is 302 g/mol. The highest BCUT2D eigenvalue weighted by Gasteiger charge is 2.52. The van der Waals surface area contributed by atoms with Crippen molar-refractivity contribution in [2.75, 3.05) is 13.6 Å². The molecule has 2 aromatic carbocycles. The SMILES string of the molecule is Cc1ccc(-c2ccc3c(c2)C24CCCC[C@@H]2[C@@H](C3)N(C)CC4)cc1. The van der Waals surface area contributed by atoms with Crippen molar-refractivity contribution in [2.45, 2.75) is 56.9 Å². The van der Waals surface area contributed by atoms with Gasteiger partial charge in [-0.15, -0.1) is 0 Å². The molecule has 1 nitrogen and oxygen atoms in total. The highest BCUT2D eigenvalue weighted by Crippen LogP contribution is 2.55. The van der Waals surface area contributed by atoms with Crippen LogP contribution in [0.1, 0.15) is 48.8 Å². The van der Waals surface area contributed by atoms with Gasteiger partial charge < -0.3 is 4.90 Å². The van der Waals surface area contributed by atoms with Gasteiger partial charge in [0, 0.05) is 11.5 Å². The van der Waals surface area contributed by atoms with Gasteiger partial charge in [-0.2, -0.15) is 0 Å². The Bertz CT molecular complexity index is 790. The summed E-state index contributed by atoms with van der Waals surface area (Å²) in [6, 6.07) is 17.2. The maximum Gasteiger partial charge on any atom is 0.0169 e. The van der Waals surface area contributed by atoms with E-state index in [1.807, 2.05) is 0 Å². The second-order valence-corrected chi connectivity index (χ2v) is 8.75. The average Bonchev–Trinajstić information content (AvgIpc) is 2.65. The molecule has 0 radical (unpaired) electrons. The first-order chi connectivity index (χ1) is 12.2. The minimum absolute atomic E-state index is 0.462. The third-order valence-corrected chi connectivity index (χ3v) is 7.50. The molecule has 0 N–H and O–H groups in total. The molecule has 1 saturated carbocycles. The Kier molecular flexibility index (Phi) is 3.57. The molecule has 130 valence electrons. The first-order valence-corrected chi connectivity index (χ1v) is 10.1. The summed E-state index contributed by atoms with van der Waals surface area (Å²) in [6.07, 6.45) is 8.31. The Morgan fingerprint density at radius 3 is 2.60 bits per heavy atom. The molecule has 25 heavy (non-hydrogen) atoms. The largest absolute Gasteiger partial charge is 0.303 e. The van der Waals surface area contributed by atoms with Crippen molar-refractivity contribution in [1.82, 2.24) is 4.90 Å². The first kappa shape index (κ1) is 15.6. The normalized spacial score (nSPS) is 31.3. The summed E-state index contributed by atoms with van der Waals surface area (Å²) in [5.74, 6) is 0.876. The van der Waals surface area contributed by atoms with Crippen molar-refractivity contribution < 1.29 is 0 Å². The predicted octanol–water partition coefficient (Wildman–Crippen LogP) is 5.35. The van der Waals surface area contributed by atoms with E-state index in [9.17, 15) is 0 Å². The molecule has 0 spiro atoms. The third-order valence-electron chi connectivity index (χ3n) is 7.50. The van der Waals surface area contributed by atoms with Gasteiger partial charge in [0.2, 0.25) is 0 Å². The molecule has 1 heterocycles. The van der Waals surface area contributed by atoms with Crippen molar-refractivity contribution in [2.24, 2.45) is 5.92 Å². The van der Waals surface area contributed by atoms with Gasteiger partial charge in [0.05, 0.1) is 0 Å². The fourth-order valence-electron chi connectivity index (χ4n) is 6.12. The number of rotatable bonds is 1. The van der Waals surface area contributed by atoms with Gasteiger partial charge in [-0.3, -0.25) is 0 Å². The molecule has 2 bridgehead atoms. The Labute approximate surface area is 152 Å². The lowest BCUT2D eigenvalue weighted by atomic mass is 9.52. The number of aryl methyl sites for hydroxylation is 1. The minimum atomic E-state index is 0.462. The zero-order valence-corrected chi connectivity index (χ0v) is 15.6. The fourth-order valence-corrected chi connectivity index (χ4v) is 6.12. The van der Waals surface area contributed by atoms with E-state index in [0.29, 0.717) is 5.41 Å². The summed E-state index contributed by atoms with van der Waals surface area (Å²) in [6.45, 7) is 3.44. The maximum absolute atomic E-state index is 2.66. The van der Waals surface area contributed by atoms with Crippen LogP contribution in [0.15, 0.2) is 42.5 Å². The number of hydrogen-bond acceptors (Lipinski definition) is 1. The Hall–Kier alpha value is -1.60. The van der Waals surface area contributed by atoms with Crippen LogP contribution in [0.4, 0.5) is 0 Å². The number of nitrogens with zero attached hydrogens (tertiary/aromatic N) is 1. The van der Waals surface area contributed by atoms with Gasteiger partial charge in [-0.1, -0.05) is 60.9 Å². The van der Waals surface area contributed by atoms with Gasteiger partial charge >= 0.3 is 0 Å². The lowest BCUT2D eigenvalue weighted by molar-refractivity contribution is 0.00290. The van der Waals surface area contributed by atoms with Crippen molar-refractivity contribution in [3.8, 4) is 11.1 Å². The van der Waals surface area contributed by atoms with E-state index >= 15 is 0 Å². The number of piperidine rings is 1. The standard InChI is InChI=1S/C24H29N/c1-17-6-8-18(9-7-17)19-10-11-20-16-23-21-5-3-4-12-24(21,22(20)15-19)13-14-25(23)2/h6-11,15,21,23H,3-5,12-14,16H2,1-2H3/t21-,23-,24?/m1/s1. The van der Waals surface area contributed by atoms with E-state index < -0.39 is 0 Å². The van der Waals surface area contributed by atoms with Gasteiger partial charge in [0.1, 0.15) is 0 Å². The average molecular weight is 332 g/mol. The molecule has 1 aliphatic heterocycles. The molecule has 3 aliphatic rings. The maximum atomic E-state index is 2.66. The summed E-state index contributed by atoms with van der Waals surface area (Å²) in [7, 11) is 2.36. The summed E-state index contributed by atoms with van der Waals surface area (Å²) in [5.41, 5.74) is 7.92. The number of likely N-dealkylation sites (tertiary alicyclic amines) is 1. The molecule has 1 saturated heterocycles. The van der Waals surface area contributed by atoms with Gasteiger partial charge in [-0.25, -0.2) is 0 Å². The second kappa shape index (κ2) is 5.71.